The second-order valence-electron chi connectivity index (χ2n) is 25.4. The summed E-state index contributed by atoms with van der Waals surface area (Å²) in [5, 5.41) is 54.9. The maximum Gasteiger partial charge on any atom is 0.220 e. The van der Waals surface area contributed by atoms with E-state index in [2.05, 4.69) is 67.8 Å². The molecule has 83 heavy (non-hydrogen) atoms. The molecule has 488 valence electrons. The zero-order chi connectivity index (χ0) is 60.0. The first kappa shape index (κ1) is 79.2. The van der Waals surface area contributed by atoms with E-state index in [1.807, 2.05) is 0 Å². The van der Waals surface area contributed by atoms with Crippen molar-refractivity contribution in [2.75, 3.05) is 13.2 Å². The average Bonchev–Trinajstić information content (AvgIpc) is 3.60. The number of unbranched alkanes of at least 4 members (excludes halogenated alkanes) is 46. The van der Waals surface area contributed by atoms with Crippen molar-refractivity contribution < 1.29 is 39.8 Å². The lowest BCUT2D eigenvalue weighted by Crippen LogP contribution is -2.60. The second kappa shape index (κ2) is 63.2. The number of amides is 1. The molecule has 0 spiro atoms. The highest BCUT2D eigenvalue weighted by atomic mass is 16.7. The van der Waals surface area contributed by atoms with E-state index in [4.69, 9.17) is 9.47 Å². The lowest BCUT2D eigenvalue weighted by Gasteiger charge is -2.40. The Labute approximate surface area is 514 Å². The molecular formula is C74H139NO8. The lowest BCUT2D eigenvalue weighted by atomic mass is 9.99. The van der Waals surface area contributed by atoms with E-state index in [1.165, 1.54) is 270 Å². The molecule has 0 aliphatic carbocycles. The molecule has 0 bridgehead atoms. The van der Waals surface area contributed by atoms with Crippen LogP contribution in [-0.2, 0) is 14.3 Å². The zero-order valence-corrected chi connectivity index (χ0v) is 54.7. The molecule has 0 saturated carbocycles. The van der Waals surface area contributed by atoms with Crippen LogP contribution in [0.4, 0.5) is 0 Å². The summed E-state index contributed by atoms with van der Waals surface area (Å²) >= 11 is 0. The van der Waals surface area contributed by atoms with Gasteiger partial charge in [-0.25, -0.2) is 0 Å². The van der Waals surface area contributed by atoms with E-state index in [0.29, 0.717) is 12.8 Å². The molecule has 9 heteroatoms. The van der Waals surface area contributed by atoms with Crippen LogP contribution < -0.4 is 5.32 Å². The smallest absolute Gasteiger partial charge is 0.220 e. The second-order valence-corrected chi connectivity index (χ2v) is 25.4. The number of hydrogen-bond acceptors (Lipinski definition) is 8. The van der Waals surface area contributed by atoms with E-state index in [1.54, 1.807) is 0 Å². The number of ether oxygens (including phenoxy) is 2. The predicted octanol–water partition coefficient (Wildman–Crippen LogP) is 20.0. The van der Waals surface area contributed by atoms with Crippen molar-refractivity contribution >= 4 is 5.91 Å². The Kier molecular flexibility index (Phi) is 60.3. The van der Waals surface area contributed by atoms with Gasteiger partial charge in [0.1, 0.15) is 24.4 Å². The standard InChI is InChI=1S/C74H139NO8/c1-3-5-7-9-11-13-15-17-19-21-23-25-26-27-28-29-30-31-32-33-34-35-36-37-38-39-40-41-42-44-46-48-50-52-54-56-58-60-62-64-70(78)75-67(66-82-74-73(81)72(80)71(79)69(65-76)83-74)68(77)63-61-59-57-55-53-51-49-47-45-43-24-22-20-18-16-14-12-10-8-6-4-2/h5,7,11,13,17,19,23,25,67-69,71-74,76-77,79-81H,3-4,6,8-10,12,14-16,18,20-22,24,26-66H2,1-2H3,(H,75,78)/b7-5-,13-11-,19-17-,25-23-. The number of aliphatic hydroxyl groups is 5. The zero-order valence-electron chi connectivity index (χ0n) is 54.7. The highest BCUT2D eigenvalue weighted by Gasteiger charge is 2.44. The van der Waals surface area contributed by atoms with Crippen molar-refractivity contribution in [1.82, 2.24) is 5.32 Å². The van der Waals surface area contributed by atoms with Crippen LogP contribution in [0.15, 0.2) is 48.6 Å². The van der Waals surface area contributed by atoms with Gasteiger partial charge in [-0.05, 0) is 51.4 Å². The largest absolute Gasteiger partial charge is 0.394 e. The van der Waals surface area contributed by atoms with Crippen LogP contribution in [0.3, 0.4) is 0 Å². The molecule has 1 saturated heterocycles. The van der Waals surface area contributed by atoms with Crippen molar-refractivity contribution in [2.24, 2.45) is 0 Å². The minimum Gasteiger partial charge on any atom is -0.394 e. The third-order valence-corrected chi connectivity index (χ3v) is 17.4. The molecule has 7 atom stereocenters. The van der Waals surface area contributed by atoms with Crippen molar-refractivity contribution in [3.8, 4) is 0 Å². The van der Waals surface area contributed by atoms with E-state index in [0.717, 1.165) is 64.2 Å². The quantitative estimate of drug-likeness (QED) is 0.0261. The molecule has 7 unspecified atom stereocenters. The summed E-state index contributed by atoms with van der Waals surface area (Å²) in [6.07, 6.45) is 79.1. The topological polar surface area (TPSA) is 149 Å². The number of nitrogens with one attached hydrogen (secondary N) is 1. The summed E-state index contributed by atoms with van der Waals surface area (Å²) in [6, 6.07) is -0.718. The molecule has 1 amide bonds. The Hall–Kier alpha value is -1.85. The summed E-state index contributed by atoms with van der Waals surface area (Å²) in [7, 11) is 0. The molecule has 0 radical (unpaired) electrons. The number of carbonyl (C=O) groups is 1. The number of carbonyl (C=O) groups excluding carboxylic acids is 1. The van der Waals surface area contributed by atoms with Crippen LogP contribution in [0.1, 0.15) is 361 Å². The van der Waals surface area contributed by atoms with Gasteiger partial charge in [-0.3, -0.25) is 4.79 Å². The molecule has 6 N–H and O–H groups in total. The highest BCUT2D eigenvalue weighted by molar-refractivity contribution is 5.76. The molecule has 0 aromatic carbocycles. The van der Waals surface area contributed by atoms with E-state index in [-0.39, 0.29) is 12.5 Å². The first-order chi connectivity index (χ1) is 40.8. The van der Waals surface area contributed by atoms with Crippen LogP contribution >= 0.6 is 0 Å². The van der Waals surface area contributed by atoms with Crippen molar-refractivity contribution in [1.29, 1.82) is 0 Å². The normalized spacial score (nSPS) is 18.5. The fourth-order valence-corrected chi connectivity index (χ4v) is 11.8. The third-order valence-electron chi connectivity index (χ3n) is 17.4. The molecule has 1 aliphatic heterocycles. The Morgan fingerprint density at radius 2 is 0.747 bits per heavy atom. The van der Waals surface area contributed by atoms with Gasteiger partial charge in [-0.2, -0.15) is 0 Å². The van der Waals surface area contributed by atoms with Crippen LogP contribution in [0, 0.1) is 0 Å². The van der Waals surface area contributed by atoms with Crippen LogP contribution in [-0.4, -0.2) is 87.5 Å². The van der Waals surface area contributed by atoms with Gasteiger partial charge in [0.2, 0.25) is 5.91 Å². The first-order valence-corrected chi connectivity index (χ1v) is 36.3. The maximum absolute atomic E-state index is 13.2. The van der Waals surface area contributed by atoms with Gasteiger partial charge in [-0.15, -0.1) is 0 Å². The van der Waals surface area contributed by atoms with Gasteiger partial charge in [0, 0.05) is 6.42 Å². The molecular weight excluding hydrogens is 1030 g/mol. The highest BCUT2D eigenvalue weighted by Crippen LogP contribution is 2.24. The molecule has 9 nitrogen and oxygen atoms in total. The van der Waals surface area contributed by atoms with Gasteiger partial charge in [0.25, 0.3) is 0 Å². The molecule has 0 aromatic heterocycles. The number of aliphatic hydroxyl groups excluding tert-OH is 5. The number of allylic oxidation sites excluding steroid dienone is 8. The fourth-order valence-electron chi connectivity index (χ4n) is 11.8. The maximum atomic E-state index is 13.2. The van der Waals surface area contributed by atoms with Gasteiger partial charge < -0.3 is 40.3 Å². The summed E-state index contributed by atoms with van der Waals surface area (Å²) in [5.74, 6) is -0.136. The Morgan fingerprint density at radius 3 is 1.11 bits per heavy atom. The molecule has 1 rings (SSSR count). The fraction of sp³-hybridized carbons (Fsp3) is 0.878. The van der Waals surface area contributed by atoms with Crippen molar-refractivity contribution in [3.63, 3.8) is 0 Å². The van der Waals surface area contributed by atoms with Gasteiger partial charge in [-0.1, -0.05) is 351 Å². The van der Waals surface area contributed by atoms with Crippen molar-refractivity contribution in [2.45, 2.75) is 403 Å². The third kappa shape index (κ3) is 51.9. The summed E-state index contributed by atoms with van der Waals surface area (Å²) in [6.45, 7) is 3.78. The minimum absolute atomic E-state index is 0.133. The summed E-state index contributed by atoms with van der Waals surface area (Å²) in [4.78, 5) is 13.2. The Balaban J connectivity index is 2.04. The average molecular weight is 1170 g/mol. The molecule has 0 aromatic rings. The first-order valence-electron chi connectivity index (χ1n) is 36.3. The van der Waals surface area contributed by atoms with Crippen molar-refractivity contribution in [3.05, 3.63) is 48.6 Å². The Morgan fingerprint density at radius 1 is 0.422 bits per heavy atom. The SMILES string of the molecule is CC/C=C\C/C=C\C/C=C\C/C=C\CCCCCCCCCCCCCCCCCCCCCCCCCCCCC(=O)NC(COC1OC(CO)C(O)C(O)C1O)C(O)CCCCCCCCCCCCCCCCCCCCCCC. The molecule has 1 heterocycles. The van der Waals surface area contributed by atoms with Gasteiger partial charge >= 0.3 is 0 Å². The minimum atomic E-state index is -1.55. The van der Waals surface area contributed by atoms with Crippen LogP contribution in [0.25, 0.3) is 0 Å². The predicted molar refractivity (Wildman–Crippen MR) is 355 cm³/mol. The molecule has 1 aliphatic rings. The number of hydrogen-bond donors (Lipinski definition) is 6. The van der Waals surface area contributed by atoms with Gasteiger partial charge in [0.15, 0.2) is 6.29 Å². The van der Waals surface area contributed by atoms with Crippen LogP contribution in [0.2, 0.25) is 0 Å². The Bertz CT molecular complexity index is 1450. The lowest BCUT2D eigenvalue weighted by molar-refractivity contribution is -0.302. The van der Waals surface area contributed by atoms with Crippen LogP contribution in [0.5, 0.6) is 0 Å². The van der Waals surface area contributed by atoms with E-state index < -0.39 is 49.5 Å². The van der Waals surface area contributed by atoms with Gasteiger partial charge in [0.05, 0.1) is 25.4 Å². The monoisotopic (exact) mass is 1170 g/mol. The van der Waals surface area contributed by atoms with E-state index >= 15 is 0 Å². The summed E-state index contributed by atoms with van der Waals surface area (Å²) < 4.78 is 11.4. The summed E-state index contributed by atoms with van der Waals surface area (Å²) in [5.41, 5.74) is 0. The van der Waals surface area contributed by atoms with E-state index in [9.17, 15) is 30.3 Å². The molecule has 1 fully saturated rings. The number of rotatable bonds is 64.